The van der Waals surface area contributed by atoms with Crippen molar-refractivity contribution >= 4 is 51.6 Å². The van der Waals surface area contributed by atoms with Gasteiger partial charge in [0.2, 0.25) is 5.76 Å². The summed E-state index contributed by atoms with van der Waals surface area (Å²) < 4.78 is 11.6. The monoisotopic (exact) mass is 567 g/mol. The zero-order valence-corrected chi connectivity index (χ0v) is 24.2. The zero-order valence-electron chi connectivity index (χ0n) is 23.4. The van der Waals surface area contributed by atoms with Crippen LogP contribution in [0, 0.1) is 23.7 Å². The number of nitrogens with zero attached hydrogens (tertiary/aromatic N) is 3. The lowest BCUT2D eigenvalue weighted by Gasteiger charge is -2.37. The van der Waals surface area contributed by atoms with E-state index in [1.165, 1.54) is 6.20 Å². The van der Waals surface area contributed by atoms with Crippen molar-refractivity contribution < 1.29 is 18.7 Å². The number of nitrogens with one attached hydrogen (secondary N) is 2. The van der Waals surface area contributed by atoms with Crippen molar-refractivity contribution in [2.75, 3.05) is 49.4 Å². The average Bonchev–Trinajstić information content (AvgIpc) is 3.33. The molecule has 1 aliphatic heterocycles. The summed E-state index contributed by atoms with van der Waals surface area (Å²) in [5.41, 5.74) is 1.23. The fourth-order valence-electron chi connectivity index (χ4n) is 6.24. The molecule has 1 saturated heterocycles. The van der Waals surface area contributed by atoms with E-state index in [1.54, 1.807) is 24.4 Å². The minimum atomic E-state index is -0.395. The molecule has 1 aliphatic carbocycles. The van der Waals surface area contributed by atoms with E-state index in [1.807, 2.05) is 19.0 Å². The Morgan fingerprint density at radius 3 is 2.65 bits per heavy atom. The summed E-state index contributed by atoms with van der Waals surface area (Å²) in [6, 6.07) is 5.10. The van der Waals surface area contributed by atoms with E-state index >= 15 is 0 Å². The number of carbonyl (C=O) groups is 2. The van der Waals surface area contributed by atoms with E-state index in [9.17, 15) is 9.59 Å². The molecule has 2 aliphatic rings. The number of carbonyl (C=O) groups excluding carboxylic acids is 2. The maximum atomic E-state index is 13.4. The molecular formula is C30H38ClN5O4. The predicted molar refractivity (Wildman–Crippen MR) is 157 cm³/mol. The van der Waals surface area contributed by atoms with Crippen molar-refractivity contribution in [3.63, 3.8) is 0 Å². The van der Waals surface area contributed by atoms with Crippen LogP contribution in [0.2, 0.25) is 5.02 Å². The summed E-state index contributed by atoms with van der Waals surface area (Å²) in [5.74, 6) is 2.68. The van der Waals surface area contributed by atoms with Gasteiger partial charge in [-0.3, -0.25) is 9.59 Å². The van der Waals surface area contributed by atoms with Crippen molar-refractivity contribution in [3.05, 3.63) is 41.4 Å². The lowest BCUT2D eigenvalue weighted by Crippen LogP contribution is -2.34. The molecule has 9 nitrogen and oxygen atoms in total. The second-order valence-corrected chi connectivity index (χ2v) is 11.7. The molecule has 2 unspecified atom stereocenters. The van der Waals surface area contributed by atoms with Crippen LogP contribution in [0.5, 0.6) is 0 Å². The molecule has 0 aromatic carbocycles. The highest BCUT2D eigenvalue weighted by molar-refractivity contribution is 6.30. The van der Waals surface area contributed by atoms with E-state index in [0.29, 0.717) is 46.5 Å². The van der Waals surface area contributed by atoms with Gasteiger partial charge in [-0.05, 0) is 74.5 Å². The molecule has 0 bridgehead atoms. The van der Waals surface area contributed by atoms with Gasteiger partial charge in [-0.15, -0.1) is 0 Å². The van der Waals surface area contributed by atoms with Crippen LogP contribution < -0.4 is 15.5 Å². The first-order chi connectivity index (χ1) is 19.3. The van der Waals surface area contributed by atoms with Crippen LogP contribution in [-0.2, 0) is 9.53 Å². The van der Waals surface area contributed by atoms with Crippen LogP contribution in [0.15, 0.2) is 35.0 Å². The minimum Gasteiger partial charge on any atom is -0.448 e. The summed E-state index contributed by atoms with van der Waals surface area (Å²) in [4.78, 5) is 36.5. The Balaban J connectivity index is 1.31. The summed E-state index contributed by atoms with van der Waals surface area (Å²) in [5, 5.41) is 7.66. The van der Waals surface area contributed by atoms with E-state index in [2.05, 4.69) is 27.5 Å². The number of hydrogen-bond acceptors (Lipinski definition) is 8. The number of Topliss-reactive ketones (excluding diaryl/α,β-unsaturated/α-hetero) is 1. The molecule has 0 radical (unpaired) electrons. The highest BCUT2D eigenvalue weighted by Gasteiger charge is 2.34. The van der Waals surface area contributed by atoms with Gasteiger partial charge in [-0.1, -0.05) is 18.5 Å². The molecular weight excluding hydrogens is 530 g/mol. The van der Waals surface area contributed by atoms with E-state index in [0.717, 1.165) is 56.3 Å². The Morgan fingerprint density at radius 1 is 1.12 bits per heavy atom. The maximum absolute atomic E-state index is 13.4. The maximum Gasteiger partial charge on any atom is 0.294 e. The quantitative estimate of drug-likeness (QED) is 0.355. The number of ketones is 1. The minimum absolute atomic E-state index is 0.0606. The summed E-state index contributed by atoms with van der Waals surface area (Å²) >= 11 is 5.95. The number of ether oxygens (including phenoxy) is 1. The lowest BCUT2D eigenvalue weighted by atomic mass is 9.69. The molecule has 3 aromatic rings. The third-order valence-electron chi connectivity index (χ3n) is 8.47. The van der Waals surface area contributed by atoms with Gasteiger partial charge in [0, 0.05) is 45.6 Å². The van der Waals surface area contributed by atoms with E-state index < -0.39 is 5.91 Å². The number of amides is 1. The smallest absolute Gasteiger partial charge is 0.294 e. The number of pyridine rings is 2. The van der Waals surface area contributed by atoms with Gasteiger partial charge in [-0.25, -0.2) is 9.97 Å². The molecule has 3 aromatic heterocycles. The molecule has 2 fully saturated rings. The number of hydrogen-bond donors (Lipinski definition) is 2. The van der Waals surface area contributed by atoms with Crippen LogP contribution >= 0.6 is 11.6 Å². The first-order valence-corrected chi connectivity index (χ1v) is 14.6. The highest BCUT2D eigenvalue weighted by atomic mass is 35.5. The molecule has 0 spiro atoms. The Hall–Kier alpha value is -3.17. The molecule has 5 rings (SSSR count). The second kappa shape index (κ2) is 12.6. The highest BCUT2D eigenvalue weighted by Crippen LogP contribution is 2.41. The molecule has 214 valence electrons. The van der Waals surface area contributed by atoms with Crippen LogP contribution in [0.25, 0.3) is 11.0 Å². The number of furan rings is 1. The van der Waals surface area contributed by atoms with E-state index in [4.69, 9.17) is 20.8 Å². The van der Waals surface area contributed by atoms with Gasteiger partial charge in [-0.2, -0.15) is 0 Å². The number of halogens is 1. The molecule has 1 amide bonds. The van der Waals surface area contributed by atoms with Crippen LogP contribution in [-0.4, -0.2) is 55.5 Å². The zero-order chi connectivity index (χ0) is 28.2. The molecule has 2 N–H and O–H groups in total. The fourth-order valence-corrected chi connectivity index (χ4v) is 6.36. The summed E-state index contributed by atoms with van der Waals surface area (Å²) in [7, 11) is 3.84. The van der Waals surface area contributed by atoms with Gasteiger partial charge < -0.3 is 24.7 Å². The van der Waals surface area contributed by atoms with Gasteiger partial charge in [0.15, 0.2) is 5.78 Å². The molecule has 1 saturated carbocycles. The molecule has 10 heteroatoms. The molecule has 40 heavy (non-hydrogen) atoms. The molecule has 4 heterocycles. The van der Waals surface area contributed by atoms with Crippen molar-refractivity contribution in [2.24, 2.45) is 23.7 Å². The van der Waals surface area contributed by atoms with Gasteiger partial charge >= 0.3 is 0 Å². The standard InChI is InChI=1S/C30H38ClN5O4/c1-18-22(5-4-14-39-17-23(18)37)20-8-6-19(7-9-20)15-34-27-26-24(12-13-32-29(26)36(2)3)40-28(27)30(38)35-25-11-10-21(31)16-33-25/h10-13,16,18-20,22,34H,4-9,14-15,17H2,1-3H3,(H,33,35,38). The third-order valence-corrected chi connectivity index (χ3v) is 8.69. The van der Waals surface area contributed by atoms with Gasteiger partial charge in [0.1, 0.15) is 23.8 Å². The number of aromatic nitrogens is 2. The lowest BCUT2D eigenvalue weighted by molar-refractivity contribution is -0.131. The largest absolute Gasteiger partial charge is 0.448 e. The normalized spacial score (nSPS) is 23.9. The average molecular weight is 568 g/mol. The number of rotatable bonds is 7. The Kier molecular flexibility index (Phi) is 8.90. The van der Waals surface area contributed by atoms with Crippen LogP contribution in [0.3, 0.4) is 0 Å². The fraction of sp³-hybridized carbons (Fsp3) is 0.533. The predicted octanol–water partition coefficient (Wildman–Crippen LogP) is 6.04. The third kappa shape index (κ3) is 6.25. The summed E-state index contributed by atoms with van der Waals surface area (Å²) in [6.07, 6.45) is 9.64. The van der Waals surface area contributed by atoms with Crippen molar-refractivity contribution in [1.82, 2.24) is 9.97 Å². The first-order valence-electron chi connectivity index (χ1n) is 14.2. The number of anilines is 3. The van der Waals surface area contributed by atoms with Gasteiger partial charge in [0.25, 0.3) is 5.91 Å². The topological polar surface area (TPSA) is 110 Å². The van der Waals surface area contributed by atoms with Crippen molar-refractivity contribution in [3.8, 4) is 0 Å². The van der Waals surface area contributed by atoms with Crippen molar-refractivity contribution in [2.45, 2.75) is 45.4 Å². The molecule has 2 atom stereocenters. The van der Waals surface area contributed by atoms with Gasteiger partial charge in [0.05, 0.1) is 16.1 Å². The van der Waals surface area contributed by atoms with E-state index in [-0.39, 0.29) is 24.1 Å². The van der Waals surface area contributed by atoms with Crippen LogP contribution in [0.4, 0.5) is 17.3 Å². The Labute approximate surface area is 240 Å². The van der Waals surface area contributed by atoms with Crippen molar-refractivity contribution in [1.29, 1.82) is 0 Å². The number of fused-ring (bicyclic) bond motifs is 1. The first kappa shape index (κ1) is 28.4. The SMILES string of the molecule is CC1C(=O)COCCCC1C1CCC(CNc2c(C(=O)Nc3ccc(Cl)cn3)oc3ccnc(N(C)C)c23)CC1. The Morgan fingerprint density at radius 2 is 1.93 bits per heavy atom. The Bertz CT molecular complexity index is 1330. The van der Waals surface area contributed by atoms with Crippen LogP contribution in [0.1, 0.15) is 56.0 Å². The summed E-state index contributed by atoms with van der Waals surface area (Å²) in [6.45, 7) is 3.74. The second-order valence-electron chi connectivity index (χ2n) is 11.3.